The Morgan fingerprint density at radius 1 is 1.14 bits per heavy atom. The van der Waals surface area contributed by atoms with Crippen molar-refractivity contribution in [3.8, 4) is 11.5 Å². The minimum atomic E-state index is -0.420. The van der Waals surface area contributed by atoms with Crippen LogP contribution in [0.4, 0.5) is 17.5 Å². The van der Waals surface area contributed by atoms with Crippen LogP contribution in [-0.2, 0) is 6.54 Å². The van der Waals surface area contributed by atoms with Gasteiger partial charge in [0, 0.05) is 24.5 Å². The minimum absolute atomic E-state index is 0.0136. The molecule has 0 aliphatic rings. The topological polar surface area (TPSA) is 136 Å². The first-order valence-corrected chi connectivity index (χ1v) is 12.1. The fourth-order valence-corrected chi connectivity index (χ4v) is 4.41. The predicted molar refractivity (Wildman–Crippen MR) is 141 cm³/mol. The molecule has 3 N–H and O–H groups in total. The van der Waals surface area contributed by atoms with Gasteiger partial charge in [0.25, 0.3) is 11.4 Å². The lowest BCUT2D eigenvalue weighted by Gasteiger charge is -2.19. The molecule has 5 rings (SSSR count). The number of nitrogens with one attached hydrogen (secondary N) is 2. The van der Waals surface area contributed by atoms with Gasteiger partial charge in [-0.1, -0.05) is 30.3 Å². The number of aromatic nitrogens is 6. The van der Waals surface area contributed by atoms with Gasteiger partial charge in [0.15, 0.2) is 0 Å². The second kappa shape index (κ2) is 10.2. The SMILES string of the molecule is CCn1c(=O)c2ccc(Nc3ncc(-c4nnco4)c(N[C@H](CO)c4ccccc4)n3)cc2n1C(C)C. The van der Waals surface area contributed by atoms with E-state index in [1.54, 1.807) is 10.9 Å². The molecule has 0 aliphatic carbocycles. The zero-order chi connectivity index (χ0) is 25.9. The number of nitrogens with zero attached hydrogens (tertiary/aromatic N) is 6. The highest BCUT2D eigenvalue weighted by Gasteiger charge is 2.19. The summed E-state index contributed by atoms with van der Waals surface area (Å²) in [6, 6.07) is 14.8. The highest BCUT2D eigenvalue weighted by molar-refractivity contribution is 5.83. The molecule has 0 amide bonds. The third kappa shape index (κ3) is 4.68. The molecule has 5 aromatic rings. The molecular formula is C26H28N8O3. The van der Waals surface area contributed by atoms with Crippen LogP contribution in [-0.4, -0.2) is 41.2 Å². The number of fused-ring (bicyclic) bond motifs is 1. The highest BCUT2D eigenvalue weighted by Crippen LogP contribution is 2.29. The monoisotopic (exact) mass is 500 g/mol. The van der Waals surface area contributed by atoms with Crippen LogP contribution >= 0.6 is 0 Å². The first-order valence-electron chi connectivity index (χ1n) is 12.1. The van der Waals surface area contributed by atoms with Gasteiger partial charge in [0.1, 0.15) is 5.82 Å². The normalized spacial score (nSPS) is 12.2. The molecule has 11 nitrogen and oxygen atoms in total. The van der Waals surface area contributed by atoms with Gasteiger partial charge in [0.05, 0.1) is 29.1 Å². The van der Waals surface area contributed by atoms with Gasteiger partial charge in [-0.25, -0.2) is 9.67 Å². The Hall–Kier alpha value is -4.51. The Balaban J connectivity index is 1.52. The molecule has 0 spiro atoms. The molecule has 11 heteroatoms. The number of hydrogen-bond acceptors (Lipinski definition) is 9. The van der Waals surface area contributed by atoms with E-state index in [2.05, 4.69) is 30.8 Å². The average Bonchev–Trinajstić information content (AvgIpc) is 3.54. The van der Waals surface area contributed by atoms with Gasteiger partial charge >= 0.3 is 0 Å². The highest BCUT2D eigenvalue weighted by atomic mass is 16.4. The quantitative estimate of drug-likeness (QED) is 0.273. The molecule has 0 saturated heterocycles. The maximum Gasteiger partial charge on any atom is 0.274 e. The largest absolute Gasteiger partial charge is 0.423 e. The number of aliphatic hydroxyl groups is 1. The second-order valence-electron chi connectivity index (χ2n) is 8.81. The first-order chi connectivity index (χ1) is 18.0. The van der Waals surface area contributed by atoms with Crippen molar-refractivity contribution in [2.45, 2.75) is 39.4 Å². The molecule has 1 atom stereocenters. The van der Waals surface area contributed by atoms with Crippen molar-refractivity contribution in [1.29, 1.82) is 0 Å². The van der Waals surface area contributed by atoms with E-state index < -0.39 is 6.04 Å². The van der Waals surface area contributed by atoms with Gasteiger partial charge < -0.3 is 20.2 Å². The Bertz CT molecular complexity index is 1560. The molecule has 3 heterocycles. The summed E-state index contributed by atoms with van der Waals surface area (Å²) in [4.78, 5) is 22.0. The van der Waals surface area contributed by atoms with E-state index in [4.69, 9.17) is 4.42 Å². The van der Waals surface area contributed by atoms with E-state index in [0.29, 0.717) is 29.3 Å². The van der Waals surface area contributed by atoms with Crippen molar-refractivity contribution in [2.75, 3.05) is 17.2 Å². The smallest absolute Gasteiger partial charge is 0.274 e. The molecule has 3 aromatic heterocycles. The molecule has 0 fully saturated rings. The Labute approximate surface area is 212 Å². The summed E-state index contributed by atoms with van der Waals surface area (Å²) in [5.41, 5.74) is 2.94. The zero-order valence-electron chi connectivity index (χ0n) is 20.8. The van der Waals surface area contributed by atoms with Crippen LogP contribution in [0.5, 0.6) is 0 Å². The van der Waals surface area contributed by atoms with E-state index in [1.165, 1.54) is 6.39 Å². The summed E-state index contributed by atoms with van der Waals surface area (Å²) in [6.45, 7) is 6.48. The third-order valence-corrected chi connectivity index (χ3v) is 6.09. The minimum Gasteiger partial charge on any atom is -0.423 e. The maximum atomic E-state index is 12.8. The molecular weight excluding hydrogens is 472 g/mol. The summed E-state index contributed by atoms with van der Waals surface area (Å²) in [5.74, 6) is 0.993. The van der Waals surface area contributed by atoms with E-state index in [0.717, 1.165) is 16.8 Å². The Kier molecular flexibility index (Phi) is 6.69. The Morgan fingerprint density at radius 2 is 1.95 bits per heavy atom. The van der Waals surface area contributed by atoms with Crippen LogP contribution in [0.15, 0.2) is 70.3 Å². The van der Waals surface area contributed by atoms with Crippen molar-refractivity contribution in [2.24, 2.45) is 0 Å². The summed E-state index contributed by atoms with van der Waals surface area (Å²) in [5, 5.41) is 25.0. The fraction of sp³-hybridized carbons (Fsp3) is 0.269. The molecule has 0 saturated carbocycles. The molecule has 0 aliphatic heterocycles. The average molecular weight is 501 g/mol. The third-order valence-electron chi connectivity index (χ3n) is 6.09. The molecule has 190 valence electrons. The van der Waals surface area contributed by atoms with Crippen molar-refractivity contribution >= 4 is 28.4 Å². The maximum absolute atomic E-state index is 12.8. The molecule has 0 bridgehead atoms. The summed E-state index contributed by atoms with van der Waals surface area (Å²) >= 11 is 0. The summed E-state index contributed by atoms with van der Waals surface area (Å²) in [7, 11) is 0. The van der Waals surface area contributed by atoms with E-state index in [1.807, 2.05) is 74.0 Å². The van der Waals surface area contributed by atoms with E-state index >= 15 is 0 Å². The second-order valence-corrected chi connectivity index (χ2v) is 8.81. The Morgan fingerprint density at radius 3 is 2.62 bits per heavy atom. The lowest BCUT2D eigenvalue weighted by Crippen LogP contribution is -2.23. The van der Waals surface area contributed by atoms with Crippen molar-refractivity contribution < 1.29 is 9.52 Å². The van der Waals surface area contributed by atoms with Crippen molar-refractivity contribution in [3.63, 3.8) is 0 Å². The predicted octanol–water partition coefficient (Wildman–Crippen LogP) is 4.13. The fourth-order valence-electron chi connectivity index (χ4n) is 4.41. The van der Waals surface area contributed by atoms with Crippen LogP contribution in [0.2, 0.25) is 0 Å². The number of rotatable bonds is 9. The standard InChI is InChI=1S/C26H28N8O3/c1-4-33-25(36)19-11-10-18(12-22(19)34(33)16(2)3)29-26-27-13-20(24-32-28-15-37-24)23(31-26)30-21(14-35)17-8-6-5-7-9-17/h5-13,15-16,21,35H,4,14H2,1-3H3,(H2,27,29,30,31)/t21-/m1/s1. The van der Waals surface area contributed by atoms with Crippen LogP contribution in [0, 0.1) is 0 Å². The van der Waals surface area contributed by atoms with Crippen LogP contribution in [0.1, 0.15) is 38.4 Å². The number of hydrogen-bond donors (Lipinski definition) is 3. The van der Waals surface area contributed by atoms with Crippen LogP contribution < -0.4 is 16.2 Å². The molecule has 37 heavy (non-hydrogen) atoms. The lowest BCUT2D eigenvalue weighted by atomic mass is 10.1. The lowest BCUT2D eigenvalue weighted by molar-refractivity contribution is 0.276. The van der Waals surface area contributed by atoms with Crippen molar-refractivity contribution in [1.82, 2.24) is 29.5 Å². The summed E-state index contributed by atoms with van der Waals surface area (Å²) in [6.07, 6.45) is 2.82. The van der Waals surface area contributed by atoms with Gasteiger partial charge in [-0.3, -0.25) is 9.48 Å². The van der Waals surface area contributed by atoms with Gasteiger partial charge in [-0.15, -0.1) is 10.2 Å². The van der Waals surface area contributed by atoms with Gasteiger partial charge in [-0.2, -0.15) is 4.98 Å². The van der Waals surface area contributed by atoms with Gasteiger partial charge in [-0.05, 0) is 44.5 Å². The van der Waals surface area contributed by atoms with Crippen LogP contribution in [0.25, 0.3) is 22.4 Å². The summed E-state index contributed by atoms with van der Waals surface area (Å²) < 4.78 is 9.13. The molecule has 0 radical (unpaired) electrons. The van der Waals surface area contributed by atoms with Crippen molar-refractivity contribution in [3.05, 3.63) is 77.0 Å². The first kappa shape index (κ1) is 24.2. The van der Waals surface area contributed by atoms with E-state index in [-0.39, 0.29) is 24.1 Å². The zero-order valence-corrected chi connectivity index (χ0v) is 20.8. The van der Waals surface area contributed by atoms with Crippen LogP contribution in [0.3, 0.4) is 0 Å². The number of aliphatic hydroxyl groups excluding tert-OH is 1. The number of anilines is 3. The number of benzene rings is 2. The molecule has 2 aromatic carbocycles. The van der Waals surface area contributed by atoms with E-state index in [9.17, 15) is 9.90 Å². The van der Waals surface area contributed by atoms with Gasteiger partial charge in [0.2, 0.25) is 12.3 Å². The molecule has 0 unspecified atom stereocenters.